The molecule has 0 radical (unpaired) electrons. The maximum Gasteiger partial charge on any atom is 0.0656 e. The van der Waals surface area contributed by atoms with Crippen LogP contribution < -0.4 is 5.32 Å². The molecule has 0 saturated carbocycles. The molecular formula is C14H15BrINS. The van der Waals surface area contributed by atoms with Crippen molar-refractivity contribution >= 4 is 49.9 Å². The Morgan fingerprint density at radius 3 is 2.61 bits per heavy atom. The molecule has 0 spiro atoms. The highest BCUT2D eigenvalue weighted by Gasteiger charge is 2.12. The molecule has 0 saturated heterocycles. The number of nitrogens with one attached hydrogen (secondary N) is 1. The van der Waals surface area contributed by atoms with Crippen LogP contribution in [0.2, 0.25) is 0 Å². The second-order valence-electron chi connectivity index (χ2n) is 4.13. The molecule has 2 rings (SSSR count). The lowest BCUT2D eigenvalue weighted by Crippen LogP contribution is -2.22. The summed E-state index contributed by atoms with van der Waals surface area (Å²) in [6.45, 7) is 3.15. The zero-order valence-corrected chi connectivity index (χ0v) is 14.7. The van der Waals surface area contributed by atoms with E-state index < -0.39 is 0 Å². The largest absolute Gasteiger partial charge is 0.310 e. The van der Waals surface area contributed by atoms with Crippen molar-refractivity contribution in [1.82, 2.24) is 5.32 Å². The van der Waals surface area contributed by atoms with Gasteiger partial charge >= 0.3 is 0 Å². The minimum atomic E-state index is 0.413. The maximum absolute atomic E-state index is 3.57. The van der Waals surface area contributed by atoms with Gasteiger partial charge in [0.05, 0.1) is 2.88 Å². The first-order valence-corrected chi connectivity index (χ1v) is 8.66. The quantitative estimate of drug-likeness (QED) is 0.651. The Morgan fingerprint density at radius 2 is 2.06 bits per heavy atom. The van der Waals surface area contributed by atoms with E-state index in [1.807, 2.05) is 11.3 Å². The van der Waals surface area contributed by atoms with E-state index in [1.54, 1.807) is 0 Å². The van der Waals surface area contributed by atoms with Gasteiger partial charge in [-0.05, 0) is 70.3 Å². The monoisotopic (exact) mass is 435 g/mol. The normalized spacial score (nSPS) is 12.6. The predicted octanol–water partition coefficient (Wildman–Crippen LogP) is 5.01. The van der Waals surface area contributed by atoms with Gasteiger partial charge in [0.2, 0.25) is 0 Å². The van der Waals surface area contributed by atoms with E-state index in [0.29, 0.717) is 6.04 Å². The summed E-state index contributed by atoms with van der Waals surface area (Å²) in [7, 11) is 0. The van der Waals surface area contributed by atoms with Gasteiger partial charge in [-0.15, -0.1) is 11.3 Å². The zero-order valence-electron chi connectivity index (χ0n) is 10.1. The number of hydrogen-bond donors (Lipinski definition) is 1. The van der Waals surface area contributed by atoms with Gasteiger partial charge in [0.1, 0.15) is 0 Å². The highest BCUT2D eigenvalue weighted by molar-refractivity contribution is 14.1. The van der Waals surface area contributed by atoms with Crippen molar-refractivity contribution in [2.45, 2.75) is 19.4 Å². The van der Waals surface area contributed by atoms with Crippen LogP contribution >= 0.6 is 49.9 Å². The lowest BCUT2D eigenvalue weighted by molar-refractivity contribution is 0.551. The number of rotatable bonds is 5. The number of benzene rings is 1. The summed E-state index contributed by atoms with van der Waals surface area (Å²) in [5.74, 6) is 0. The highest BCUT2D eigenvalue weighted by atomic mass is 127. The van der Waals surface area contributed by atoms with E-state index in [0.717, 1.165) is 17.4 Å². The Kier molecular flexibility index (Phi) is 5.66. The van der Waals surface area contributed by atoms with Gasteiger partial charge in [-0.25, -0.2) is 0 Å². The molecule has 1 atom stereocenters. The summed E-state index contributed by atoms with van der Waals surface area (Å²) in [4.78, 5) is 0. The number of thiophene rings is 1. The minimum Gasteiger partial charge on any atom is -0.310 e. The van der Waals surface area contributed by atoms with Gasteiger partial charge in [-0.2, -0.15) is 0 Å². The summed E-state index contributed by atoms with van der Waals surface area (Å²) < 4.78 is 2.48. The molecule has 1 unspecified atom stereocenters. The third-order valence-electron chi connectivity index (χ3n) is 2.79. The van der Waals surface area contributed by atoms with Crippen molar-refractivity contribution in [2.24, 2.45) is 0 Å². The summed E-state index contributed by atoms with van der Waals surface area (Å²) in [6.07, 6.45) is 1.04. The summed E-state index contributed by atoms with van der Waals surface area (Å²) >= 11 is 7.67. The van der Waals surface area contributed by atoms with Gasteiger partial charge < -0.3 is 5.32 Å². The van der Waals surface area contributed by atoms with E-state index in [4.69, 9.17) is 0 Å². The first kappa shape index (κ1) is 14.5. The molecule has 1 heterocycles. The molecule has 2 aromatic rings. The fourth-order valence-corrected chi connectivity index (χ4v) is 3.61. The van der Waals surface area contributed by atoms with Crippen molar-refractivity contribution < 1.29 is 0 Å². The lowest BCUT2D eigenvalue weighted by atomic mass is 10.0. The molecule has 1 aromatic carbocycles. The molecule has 18 heavy (non-hydrogen) atoms. The Hall–Kier alpha value is 0.0900. The fourth-order valence-electron chi connectivity index (χ4n) is 1.92. The molecule has 4 heteroatoms. The second kappa shape index (κ2) is 7.03. The number of likely N-dealkylation sites (N-methyl/N-ethyl adjacent to an activating group) is 1. The molecule has 0 aliphatic rings. The average Bonchev–Trinajstić information content (AvgIpc) is 2.78. The first-order valence-electron chi connectivity index (χ1n) is 5.90. The van der Waals surface area contributed by atoms with Gasteiger partial charge in [0.25, 0.3) is 0 Å². The van der Waals surface area contributed by atoms with Crippen LogP contribution in [0.3, 0.4) is 0 Å². The van der Waals surface area contributed by atoms with Crippen LogP contribution in [-0.4, -0.2) is 6.54 Å². The summed E-state index contributed by atoms with van der Waals surface area (Å²) in [5.41, 5.74) is 2.76. The molecule has 1 nitrogen and oxygen atoms in total. The zero-order chi connectivity index (χ0) is 13.0. The van der Waals surface area contributed by atoms with Crippen molar-refractivity contribution in [3.05, 3.63) is 54.2 Å². The highest BCUT2D eigenvalue weighted by Crippen LogP contribution is 2.25. The van der Waals surface area contributed by atoms with Crippen LogP contribution in [-0.2, 0) is 6.42 Å². The Labute approximate surface area is 134 Å². The van der Waals surface area contributed by atoms with Crippen molar-refractivity contribution in [2.75, 3.05) is 6.54 Å². The van der Waals surface area contributed by atoms with E-state index in [2.05, 4.69) is 86.5 Å². The molecule has 1 N–H and O–H groups in total. The molecule has 96 valence electrons. The standard InChI is InChI=1S/C14H15BrINS/c1-2-17-13(11-8-14(16)18-9-11)7-10-3-5-12(15)6-4-10/h3-6,8-9,13,17H,2,7H2,1H3. The van der Waals surface area contributed by atoms with Crippen molar-refractivity contribution in [1.29, 1.82) is 0 Å². The minimum absolute atomic E-state index is 0.413. The molecule has 0 aliphatic heterocycles. The lowest BCUT2D eigenvalue weighted by Gasteiger charge is -2.17. The Morgan fingerprint density at radius 1 is 1.33 bits per heavy atom. The fraction of sp³-hybridized carbons (Fsp3) is 0.286. The van der Waals surface area contributed by atoms with E-state index in [-0.39, 0.29) is 0 Å². The Balaban J connectivity index is 2.13. The van der Waals surface area contributed by atoms with Crippen LogP contribution in [0, 0.1) is 2.88 Å². The molecule has 1 aromatic heterocycles. The van der Waals surface area contributed by atoms with E-state index in [9.17, 15) is 0 Å². The third-order valence-corrected chi connectivity index (χ3v) is 5.13. The van der Waals surface area contributed by atoms with Crippen LogP contribution in [0.5, 0.6) is 0 Å². The molecule has 0 amide bonds. The first-order chi connectivity index (χ1) is 8.69. The van der Waals surface area contributed by atoms with Gasteiger partial charge in [-0.3, -0.25) is 0 Å². The summed E-state index contributed by atoms with van der Waals surface area (Å²) in [5, 5.41) is 5.82. The maximum atomic E-state index is 3.57. The van der Waals surface area contributed by atoms with E-state index in [1.165, 1.54) is 14.0 Å². The summed E-state index contributed by atoms with van der Waals surface area (Å²) in [6, 6.07) is 11.3. The van der Waals surface area contributed by atoms with Crippen LogP contribution in [0.4, 0.5) is 0 Å². The smallest absolute Gasteiger partial charge is 0.0656 e. The molecule has 0 bridgehead atoms. The van der Waals surface area contributed by atoms with Gasteiger partial charge in [0.15, 0.2) is 0 Å². The third kappa shape index (κ3) is 4.05. The predicted molar refractivity (Wildman–Crippen MR) is 91.3 cm³/mol. The average molecular weight is 436 g/mol. The van der Waals surface area contributed by atoms with Crippen LogP contribution in [0.15, 0.2) is 40.2 Å². The van der Waals surface area contributed by atoms with E-state index >= 15 is 0 Å². The molecule has 0 fully saturated rings. The number of halogens is 2. The second-order valence-corrected chi connectivity index (χ2v) is 7.85. The topological polar surface area (TPSA) is 12.0 Å². The van der Waals surface area contributed by atoms with Crippen molar-refractivity contribution in [3.8, 4) is 0 Å². The SMILES string of the molecule is CCNC(Cc1ccc(Br)cc1)c1csc(I)c1. The van der Waals surface area contributed by atoms with Crippen molar-refractivity contribution in [3.63, 3.8) is 0 Å². The molecular weight excluding hydrogens is 421 g/mol. The Bertz CT molecular complexity index is 495. The van der Waals surface area contributed by atoms with Crippen LogP contribution in [0.1, 0.15) is 24.1 Å². The van der Waals surface area contributed by atoms with Gasteiger partial charge in [-0.1, -0.05) is 35.0 Å². The van der Waals surface area contributed by atoms with Crippen LogP contribution in [0.25, 0.3) is 0 Å². The molecule has 0 aliphatic carbocycles. The van der Waals surface area contributed by atoms with Gasteiger partial charge in [0, 0.05) is 10.5 Å². The number of hydrogen-bond acceptors (Lipinski definition) is 2.